The van der Waals surface area contributed by atoms with Gasteiger partial charge in [0, 0.05) is 32.1 Å². The molecule has 1 aromatic carbocycles. The summed E-state index contributed by atoms with van der Waals surface area (Å²) in [4.78, 5) is 42.1. The summed E-state index contributed by atoms with van der Waals surface area (Å²) in [5.41, 5.74) is 0.582. The Morgan fingerprint density at radius 3 is 2.33 bits per heavy atom. The molecular formula is C24H29ClN4O4. The van der Waals surface area contributed by atoms with Crippen LogP contribution >= 0.6 is 11.6 Å². The van der Waals surface area contributed by atoms with Crippen molar-refractivity contribution in [3.63, 3.8) is 0 Å². The van der Waals surface area contributed by atoms with E-state index in [2.05, 4.69) is 5.10 Å². The maximum absolute atomic E-state index is 13.0. The Morgan fingerprint density at radius 2 is 1.67 bits per heavy atom. The number of aromatic nitrogens is 2. The van der Waals surface area contributed by atoms with E-state index in [9.17, 15) is 14.4 Å². The van der Waals surface area contributed by atoms with Crippen LogP contribution in [0.15, 0.2) is 35.3 Å². The summed E-state index contributed by atoms with van der Waals surface area (Å²) in [7, 11) is 1.28. The van der Waals surface area contributed by atoms with Gasteiger partial charge < -0.3 is 14.5 Å². The van der Waals surface area contributed by atoms with Gasteiger partial charge in [0.05, 0.1) is 30.2 Å². The lowest BCUT2D eigenvalue weighted by Gasteiger charge is -2.35. The van der Waals surface area contributed by atoms with Gasteiger partial charge in [0.25, 0.3) is 5.56 Å². The molecule has 4 rings (SSSR count). The highest BCUT2D eigenvalue weighted by Crippen LogP contribution is 2.29. The second kappa shape index (κ2) is 10.4. The number of likely N-dealkylation sites (tertiary alicyclic amines) is 1. The highest BCUT2D eigenvalue weighted by Gasteiger charge is 2.30. The minimum absolute atomic E-state index is 0.0124. The molecule has 0 unspecified atom stereocenters. The number of methoxy groups -OCH3 is 1. The number of rotatable bonds is 4. The molecule has 3 heterocycles. The van der Waals surface area contributed by atoms with Crippen LogP contribution in [-0.4, -0.2) is 59.8 Å². The Morgan fingerprint density at radius 1 is 1.00 bits per heavy atom. The molecular weight excluding hydrogens is 444 g/mol. The Kier molecular flexibility index (Phi) is 7.33. The summed E-state index contributed by atoms with van der Waals surface area (Å²) >= 11 is 6.48. The lowest BCUT2D eigenvalue weighted by atomic mass is 9.95. The van der Waals surface area contributed by atoms with Crippen molar-refractivity contribution in [2.45, 2.75) is 38.5 Å². The first kappa shape index (κ1) is 23.3. The van der Waals surface area contributed by atoms with Crippen molar-refractivity contribution in [2.24, 2.45) is 5.92 Å². The zero-order valence-corrected chi connectivity index (χ0v) is 19.6. The van der Waals surface area contributed by atoms with E-state index in [0.29, 0.717) is 24.5 Å². The first-order chi connectivity index (χ1) is 16.0. The van der Waals surface area contributed by atoms with E-state index in [1.807, 2.05) is 9.80 Å². The number of para-hydroxylation sites is 1. The van der Waals surface area contributed by atoms with Gasteiger partial charge in [0.1, 0.15) is 5.02 Å². The minimum atomic E-state index is -0.560. The second-order valence-electron chi connectivity index (χ2n) is 8.57. The lowest BCUT2D eigenvalue weighted by molar-refractivity contribution is -0.136. The first-order valence-corrected chi connectivity index (χ1v) is 11.9. The van der Waals surface area contributed by atoms with Gasteiger partial charge in [-0.3, -0.25) is 9.59 Å². The van der Waals surface area contributed by atoms with Crippen LogP contribution in [0.1, 0.15) is 48.9 Å². The minimum Gasteiger partial charge on any atom is -0.465 e. The van der Waals surface area contributed by atoms with Gasteiger partial charge in [-0.2, -0.15) is 9.78 Å². The monoisotopic (exact) mass is 472 g/mol. The van der Waals surface area contributed by atoms with E-state index in [-0.39, 0.29) is 22.4 Å². The summed E-state index contributed by atoms with van der Waals surface area (Å²) in [6.07, 6.45) is 7.56. The van der Waals surface area contributed by atoms with Crippen molar-refractivity contribution in [3.8, 4) is 5.69 Å². The van der Waals surface area contributed by atoms with Crippen LogP contribution in [0, 0.1) is 5.92 Å². The number of carbonyl (C=O) groups excluding carboxylic acids is 2. The van der Waals surface area contributed by atoms with E-state index >= 15 is 0 Å². The molecule has 1 aromatic heterocycles. The van der Waals surface area contributed by atoms with Crippen LogP contribution in [0.5, 0.6) is 0 Å². The van der Waals surface area contributed by atoms with Gasteiger partial charge in [-0.05, 0) is 37.8 Å². The molecule has 0 spiro atoms. The molecule has 0 aliphatic carbocycles. The van der Waals surface area contributed by atoms with Crippen molar-refractivity contribution in [2.75, 3.05) is 38.2 Å². The predicted octanol–water partition coefficient (Wildman–Crippen LogP) is 3.29. The summed E-state index contributed by atoms with van der Waals surface area (Å²) in [6, 6.07) is 6.59. The van der Waals surface area contributed by atoms with Gasteiger partial charge in [-0.15, -0.1) is 0 Å². The predicted molar refractivity (Wildman–Crippen MR) is 126 cm³/mol. The van der Waals surface area contributed by atoms with E-state index in [4.69, 9.17) is 16.3 Å². The molecule has 2 fully saturated rings. The van der Waals surface area contributed by atoms with Crippen molar-refractivity contribution < 1.29 is 14.3 Å². The van der Waals surface area contributed by atoms with Crippen molar-refractivity contribution in [1.82, 2.24) is 14.7 Å². The molecule has 2 saturated heterocycles. The number of piperidine rings is 1. The maximum Gasteiger partial charge on any atom is 0.340 e. The summed E-state index contributed by atoms with van der Waals surface area (Å²) in [5.74, 6) is -0.287. The zero-order chi connectivity index (χ0) is 23.4. The summed E-state index contributed by atoms with van der Waals surface area (Å²) in [6.45, 7) is 2.99. The quantitative estimate of drug-likeness (QED) is 0.635. The largest absolute Gasteiger partial charge is 0.465 e. The van der Waals surface area contributed by atoms with Crippen LogP contribution in [0.2, 0.25) is 5.02 Å². The number of esters is 1. The Balaban J connectivity index is 1.49. The van der Waals surface area contributed by atoms with Crippen LogP contribution in [0.4, 0.5) is 5.69 Å². The Hall–Kier alpha value is -2.87. The van der Waals surface area contributed by atoms with Crippen molar-refractivity contribution >= 4 is 29.2 Å². The van der Waals surface area contributed by atoms with Crippen LogP contribution < -0.4 is 10.5 Å². The zero-order valence-electron chi connectivity index (χ0n) is 18.8. The Bertz CT molecular complexity index is 1070. The van der Waals surface area contributed by atoms with Gasteiger partial charge in [-0.25, -0.2) is 4.79 Å². The Labute approximate surface area is 198 Å². The van der Waals surface area contributed by atoms with E-state index in [0.717, 1.165) is 43.5 Å². The number of nitrogens with zero attached hydrogens (tertiary/aromatic N) is 4. The number of anilines is 1. The normalized spacial score (nSPS) is 17.5. The molecule has 0 atom stereocenters. The molecule has 2 aliphatic rings. The van der Waals surface area contributed by atoms with Gasteiger partial charge in [0.2, 0.25) is 5.91 Å². The molecule has 2 aliphatic heterocycles. The third kappa shape index (κ3) is 4.90. The van der Waals surface area contributed by atoms with Crippen molar-refractivity contribution in [1.29, 1.82) is 0 Å². The summed E-state index contributed by atoms with van der Waals surface area (Å²) in [5, 5.41) is 4.34. The fraction of sp³-hybridized carbons (Fsp3) is 0.500. The van der Waals surface area contributed by atoms with Gasteiger partial charge >= 0.3 is 5.97 Å². The highest BCUT2D eigenvalue weighted by atomic mass is 35.5. The molecule has 176 valence electrons. The van der Waals surface area contributed by atoms with Crippen LogP contribution in [0.3, 0.4) is 0 Å². The fourth-order valence-corrected chi connectivity index (χ4v) is 4.92. The SMILES string of the molecule is COC(=O)c1ccccc1-n1ncc(N2CCC(C(=O)N3CCCCCC3)CC2)c(Cl)c1=O. The number of benzene rings is 1. The lowest BCUT2D eigenvalue weighted by Crippen LogP contribution is -2.43. The highest BCUT2D eigenvalue weighted by molar-refractivity contribution is 6.33. The van der Waals surface area contributed by atoms with Crippen LogP contribution in [-0.2, 0) is 9.53 Å². The van der Waals surface area contributed by atoms with Crippen molar-refractivity contribution in [3.05, 3.63) is 51.4 Å². The molecule has 9 heteroatoms. The molecule has 0 saturated carbocycles. The number of amides is 1. The third-order valence-corrected chi connectivity index (χ3v) is 6.90. The molecule has 8 nitrogen and oxygen atoms in total. The number of hydrogen-bond acceptors (Lipinski definition) is 6. The molecule has 0 bridgehead atoms. The smallest absolute Gasteiger partial charge is 0.340 e. The van der Waals surface area contributed by atoms with Gasteiger partial charge in [0.15, 0.2) is 0 Å². The van der Waals surface area contributed by atoms with E-state index < -0.39 is 11.5 Å². The standard InChI is InChI=1S/C24H29ClN4O4/c1-33-24(32)18-8-4-5-9-19(18)29-23(31)21(25)20(16-26-29)27-14-10-17(11-15-27)22(30)28-12-6-2-3-7-13-28/h4-5,8-9,16-17H,2-3,6-7,10-15H2,1H3. The number of ether oxygens (including phenoxy) is 1. The molecule has 2 aromatic rings. The van der Waals surface area contributed by atoms with Crippen LogP contribution in [0.25, 0.3) is 5.69 Å². The second-order valence-corrected chi connectivity index (χ2v) is 8.95. The first-order valence-electron chi connectivity index (χ1n) is 11.5. The molecule has 0 N–H and O–H groups in total. The number of halogens is 1. The topological polar surface area (TPSA) is 84.7 Å². The third-order valence-electron chi connectivity index (χ3n) is 6.54. The average molecular weight is 473 g/mol. The molecule has 33 heavy (non-hydrogen) atoms. The maximum atomic E-state index is 13.0. The summed E-state index contributed by atoms with van der Waals surface area (Å²) < 4.78 is 5.93. The van der Waals surface area contributed by atoms with E-state index in [1.165, 1.54) is 20.0 Å². The molecule has 1 amide bonds. The van der Waals surface area contributed by atoms with E-state index in [1.54, 1.807) is 30.5 Å². The fourth-order valence-electron chi connectivity index (χ4n) is 4.67. The average Bonchev–Trinajstić information content (AvgIpc) is 3.15. The number of hydrogen-bond donors (Lipinski definition) is 0. The number of carbonyl (C=O) groups is 2. The molecule has 0 radical (unpaired) electrons. The van der Waals surface area contributed by atoms with Gasteiger partial charge in [-0.1, -0.05) is 36.6 Å².